The van der Waals surface area contributed by atoms with Crippen molar-refractivity contribution in [3.8, 4) is 0 Å². The van der Waals surface area contributed by atoms with Crippen molar-refractivity contribution >= 4 is 12.2 Å². The topological polar surface area (TPSA) is 0 Å². The fraction of sp³-hybridized carbons (Fsp3) is 0.261. The number of benzene rings is 2. The summed E-state index contributed by atoms with van der Waals surface area (Å²) in [5.41, 5.74) is 5.81. The van der Waals surface area contributed by atoms with Gasteiger partial charge in [0.25, 0.3) is 0 Å². The predicted molar refractivity (Wildman–Crippen MR) is 99.2 cm³/mol. The maximum absolute atomic E-state index is 2.38. The van der Waals surface area contributed by atoms with Crippen molar-refractivity contribution < 1.29 is 51.0 Å². The van der Waals surface area contributed by atoms with Gasteiger partial charge in [0.05, 0.1) is 0 Å². The molecule has 0 heterocycles. The van der Waals surface area contributed by atoms with Crippen molar-refractivity contribution in [1.29, 1.82) is 0 Å². The van der Waals surface area contributed by atoms with Crippen LogP contribution in [0.5, 0.6) is 0 Å². The molecule has 0 saturated carbocycles. The summed E-state index contributed by atoms with van der Waals surface area (Å²) in [5, 5.41) is 0. The number of halogens is 2. The number of rotatable bonds is 5. The Morgan fingerprint density at radius 3 is 1.88 bits per heavy atom. The third-order valence-corrected chi connectivity index (χ3v) is 5.26. The zero-order valence-corrected chi connectivity index (χ0v) is 18.9. The van der Waals surface area contributed by atoms with Gasteiger partial charge >= 0.3 is 26.2 Å². The summed E-state index contributed by atoms with van der Waals surface area (Å²) < 4.78 is 0. The molecule has 4 rings (SSSR count). The monoisotopic (exact) mass is 459 g/mol. The summed E-state index contributed by atoms with van der Waals surface area (Å²) >= 11 is 0. The van der Waals surface area contributed by atoms with Crippen LogP contribution in [0.3, 0.4) is 0 Å². The van der Waals surface area contributed by atoms with E-state index in [4.69, 9.17) is 0 Å². The Labute approximate surface area is 189 Å². The van der Waals surface area contributed by atoms with E-state index in [-0.39, 0.29) is 51.0 Å². The molecule has 133 valence electrons. The van der Waals surface area contributed by atoms with Crippen LogP contribution < -0.4 is 24.8 Å². The minimum absolute atomic E-state index is 0. The summed E-state index contributed by atoms with van der Waals surface area (Å²) in [6, 6.07) is 17.6. The van der Waals surface area contributed by atoms with Gasteiger partial charge in [-0.25, -0.2) is 0 Å². The maximum atomic E-state index is 2.38. The molecule has 26 heavy (non-hydrogen) atoms. The normalized spacial score (nSPS) is 18.5. The molecule has 2 aliphatic carbocycles. The summed E-state index contributed by atoms with van der Waals surface area (Å²) in [4.78, 5) is 0. The minimum atomic E-state index is 0. The Kier molecular flexibility index (Phi) is 9.59. The van der Waals surface area contributed by atoms with E-state index >= 15 is 0 Å². The molecule has 0 amide bonds. The van der Waals surface area contributed by atoms with Crippen LogP contribution in [0.15, 0.2) is 60.7 Å². The predicted octanol–water partition coefficient (Wildman–Crippen LogP) is 0.378. The van der Waals surface area contributed by atoms with Gasteiger partial charge in [-0.05, 0) is 28.2 Å². The molecule has 0 fully saturated rings. The standard InChI is InChI=1S/C23H23.2ClH.Zr/c1-17(16-21-15-14-19-7-3-5-9-23(19)21)10-11-20-13-12-18-6-2-4-8-22(18)20;;;/h2-9,12-15,20-21H,10-11,16H2,1H3;2*1H;/q-1;;;+3/p-2. The molecule has 0 bridgehead atoms. The molecule has 3 heteroatoms. The molecule has 0 N–H and O–H groups in total. The molecular formula is C23H23Cl2Zr. The Hall–Kier alpha value is -0.617. The molecule has 2 aromatic rings. The van der Waals surface area contributed by atoms with Gasteiger partial charge < -0.3 is 30.7 Å². The van der Waals surface area contributed by atoms with E-state index in [1.54, 1.807) is 5.92 Å². The third-order valence-electron chi connectivity index (χ3n) is 5.26. The number of hydrogen-bond acceptors (Lipinski definition) is 0. The van der Waals surface area contributed by atoms with Gasteiger partial charge in [0.15, 0.2) is 0 Å². The molecule has 0 aromatic heterocycles. The van der Waals surface area contributed by atoms with E-state index in [0.717, 1.165) is 0 Å². The third kappa shape index (κ3) is 5.00. The Morgan fingerprint density at radius 1 is 0.769 bits per heavy atom. The van der Waals surface area contributed by atoms with Crippen LogP contribution in [0.2, 0.25) is 0 Å². The van der Waals surface area contributed by atoms with Crippen LogP contribution in [0.25, 0.3) is 12.2 Å². The average Bonchev–Trinajstić information content (AvgIpc) is 3.18. The van der Waals surface area contributed by atoms with Gasteiger partial charge in [-0.15, -0.1) is 0 Å². The zero-order valence-electron chi connectivity index (χ0n) is 15.0. The fourth-order valence-electron chi connectivity index (χ4n) is 3.96. The van der Waals surface area contributed by atoms with Crippen molar-refractivity contribution in [2.45, 2.75) is 38.0 Å². The first-order valence-electron chi connectivity index (χ1n) is 8.67. The number of hydrogen-bond donors (Lipinski definition) is 0. The summed E-state index contributed by atoms with van der Waals surface area (Å²) in [7, 11) is 0. The molecular weight excluding hydrogens is 438 g/mol. The van der Waals surface area contributed by atoms with Gasteiger partial charge in [0.1, 0.15) is 0 Å². The molecule has 0 aliphatic heterocycles. The van der Waals surface area contributed by atoms with Crippen molar-refractivity contribution in [2.75, 3.05) is 0 Å². The maximum Gasteiger partial charge on any atom is 3.00 e. The van der Waals surface area contributed by atoms with Crippen LogP contribution in [-0.2, 0) is 26.2 Å². The van der Waals surface area contributed by atoms with Gasteiger partial charge in [0, 0.05) is 5.92 Å². The van der Waals surface area contributed by atoms with Gasteiger partial charge in [-0.3, -0.25) is 0 Å². The van der Waals surface area contributed by atoms with Gasteiger partial charge in [0.2, 0.25) is 0 Å². The van der Waals surface area contributed by atoms with E-state index in [0.29, 0.717) is 11.8 Å². The Balaban J connectivity index is 0.00000113. The zero-order chi connectivity index (χ0) is 15.6. The summed E-state index contributed by atoms with van der Waals surface area (Å²) in [6.07, 6.45) is 13.0. The van der Waals surface area contributed by atoms with E-state index in [1.165, 1.54) is 41.5 Å². The van der Waals surface area contributed by atoms with Gasteiger partial charge in [-0.1, -0.05) is 79.3 Å². The van der Waals surface area contributed by atoms with Crippen molar-refractivity contribution in [3.63, 3.8) is 0 Å². The number of allylic oxidation sites excluding steroid dienone is 2. The van der Waals surface area contributed by atoms with Crippen molar-refractivity contribution in [1.82, 2.24) is 0 Å². The van der Waals surface area contributed by atoms with Crippen LogP contribution in [0.1, 0.15) is 60.3 Å². The first-order valence-corrected chi connectivity index (χ1v) is 8.67. The smallest absolute Gasteiger partial charge is 1.00 e. The van der Waals surface area contributed by atoms with Gasteiger partial charge in [-0.2, -0.15) is 19.8 Å². The second-order valence-corrected chi connectivity index (χ2v) is 6.89. The Bertz CT molecular complexity index is 766. The summed E-state index contributed by atoms with van der Waals surface area (Å²) in [6.45, 7) is 2.33. The molecule has 2 atom stereocenters. The molecule has 0 spiro atoms. The second-order valence-electron chi connectivity index (χ2n) is 6.89. The fourth-order valence-corrected chi connectivity index (χ4v) is 3.96. The first-order chi connectivity index (χ1) is 11.3. The molecule has 2 aromatic carbocycles. The average molecular weight is 462 g/mol. The molecule has 2 unspecified atom stereocenters. The Morgan fingerprint density at radius 2 is 1.27 bits per heavy atom. The van der Waals surface area contributed by atoms with E-state index < -0.39 is 0 Å². The van der Waals surface area contributed by atoms with Crippen LogP contribution in [0, 0.1) is 5.92 Å². The van der Waals surface area contributed by atoms with Crippen LogP contribution in [0.4, 0.5) is 0 Å². The summed E-state index contributed by atoms with van der Waals surface area (Å²) in [5.74, 6) is 2.80. The van der Waals surface area contributed by atoms with E-state index in [2.05, 4.69) is 79.8 Å². The van der Waals surface area contributed by atoms with Crippen LogP contribution in [-0.4, -0.2) is 0 Å². The first kappa shape index (κ1) is 23.4. The molecule has 0 nitrogen and oxygen atoms in total. The van der Waals surface area contributed by atoms with Crippen molar-refractivity contribution in [3.05, 3.63) is 88.9 Å². The quantitative estimate of drug-likeness (QED) is 0.565. The molecule has 2 aliphatic rings. The van der Waals surface area contributed by atoms with Crippen molar-refractivity contribution in [2.24, 2.45) is 0 Å². The molecule has 1 radical (unpaired) electrons. The van der Waals surface area contributed by atoms with Crippen LogP contribution >= 0.6 is 0 Å². The van der Waals surface area contributed by atoms with E-state index in [9.17, 15) is 0 Å². The van der Waals surface area contributed by atoms with E-state index in [1.807, 2.05) is 0 Å². The number of fused-ring (bicyclic) bond motifs is 2. The minimum Gasteiger partial charge on any atom is -1.00 e. The second kappa shape index (κ2) is 10.6. The SMILES string of the molecule is C[C-](CCC1C=Cc2ccccc21)CC1C=Cc2ccccc21.[Cl-].[Cl-].[Zr+3]. The molecule has 0 saturated heterocycles. The largest absolute Gasteiger partial charge is 3.00 e.